The van der Waals surface area contributed by atoms with E-state index in [1.54, 1.807) is 13.0 Å². The topological polar surface area (TPSA) is 55.4 Å². The van der Waals surface area contributed by atoms with Gasteiger partial charge in [-0.05, 0) is 47.7 Å². The zero-order valence-electron chi connectivity index (χ0n) is 16.4. The third-order valence-corrected chi connectivity index (χ3v) is 5.02. The summed E-state index contributed by atoms with van der Waals surface area (Å²) < 4.78 is 5.45. The summed E-state index contributed by atoms with van der Waals surface area (Å²) in [5.41, 5.74) is 2.29. The molecule has 3 rings (SSSR count). The van der Waals surface area contributed by atoms with Gasteiger partial charge in [-0.15, -0.1) is 0 Å². The Morgan fingerprint density at radius 1 is 0.929 bits per heavy atom. The van der Waals surface area contributed by atoms with Crippen LogP contribution in [0.15, 0.2) is 66.7 Å². The number of hydrogen-bond donors (Lipinski definition) is 1. The quantitative estimate of drug-likeness (QED) is 0.576. The standard InChI is InChI=1S/C24H25NO3/c1-4-16(2)19-12-7-8-15-22(19)25-23(26)17(3)28-24(27)21-14-9-11-18-10-5-6-13-20(18)21/h5-17H,4H2,1-3H3,(H,25,26)/t16-,17-/m0/s1. The third-order valence-electron chi connectivity index (χ3n) is 5.02. The first-order valence-corrected chi connectivity index (χ1v) is 9.59. The second-order valence-corrected chi connectivity index (χ2v) is 6.96. The molecule has 3 aromatic rings. The van der Waals surface area contributed by atoms with E-state index in [-0.39, 0.29) is 5.91 Å². The second kappa shape index (κ2) is 8.70. The highest BCUT2D eigenvalue weighted by molar-refractivity contribution is 6.05. The fraction of sp³-hybridized carbons (Fsp3) is 0.250. The van der Waals surface area contributed by atoms with Gasteiger partial charge in [0.05, 0.1) is 5.56 Å². The fourth-order valence-electron chi connectivity index (χ4n) is 3.18. The van der Waals surface area contributed by atoms with Crippen LogP contribution in [0.5, 0.6) is 0 Å². The van der Waals surface area contributed by atoms with Gasteiger partial charge >= 0.3 is 5.97 Å². The number of anilines is 1. The number of rotatable bonds is 6. The van der Waals surface area contributed by atoms with E-state index in [0.29, 0.717) is 11.5 Å². The molecule has 0 spiro atoms. The lowest BCUT2D eigenvalue weighted by Crippen LogP contribution is -2.30. The zero-order chi connectivity index (χ0) is 20.1. The van der Waals surface area contributed by atoms with Crippen molar-refractivity contribution in [2.24, 2.45) is 0 Å². The molecule has 1 amide bonds. The van der Waals surface area contributed by atoms with Crippen LogP contribution in [0, 0.1) is 0 Å². The van der Waals surface area contributed by atoms with Gasteiger partial charge in [0.2, 0.25) is 0 Å². The first-order chi connectivity index (χ1) is 13.5. The van der Waals surface area contributed by atoms with Gasteiger partial charge in [-0.3, -0.25) is 4.79 Å². The van der Waals surface area contributed by atoms with Crippen molar-refractivity contribution in [3.63, 3.8) is 0 Å². The maximum absolute atomic E-state index is 12.6. The molecule has 0 bridgehead atoms. The average Bonchev–Trinajstić information content (AvgIpc) is 2.73. The van der Waals surface area contributed by atoms with Crippen molar-refractivity contribution in [1.29, 1.82) is 0 Å². The Bertz CT molecular complexity index is 991. The molecule has 4 nitrogen and oxygen atoms in total. The van der Waals surface area contributed by atoms with Crippen molar-refractivity contribution in [1.82, 2.24) is 0 Å². The Morgan fingerprint density at radius 2 is 1.61 bits per heavy atom. The SMILES string of the molecule is CC[C@H](C)c1ccccc1NC(=O)[C@H](C)OC(=O)c1cccc2ccccc12. The molecule has 0 aromatic heterocycles. The molecule has 0 unspecified atom stereocenters. The first kappa shape index (κ1) is 19.6. The van der Waals surface area contributed by atoms with Gasteiger partial charge in [0.15, 0.2) is 6.10 Å². The Hall–Kier alpha value is -3.14. The lowest BCUT2D eigenvalue weighted by Gasteiger charge is -2.18. The smallest absolute Gasteiger partial charge is 0.339 e. The van der Waals surface area contributed by atoms with E-state index in [2.05, 4.69) is 19.2 Å². The number of amides is 1. The van der Waals surface area contributed by atoms with Crippen molar-refractivity contribution in [3.05, 3.63) is 77.9 Å². The lowest BCUT2D eigenvalue weighted by molar-refractivity contribution is -0.123. The van der Waals surface area contributed by atoms with Crippen molar-refractivity contribution < 1.29 is 14.3 Å². The van der Waals surface area contributed by atoms with Crippen LogP contribution in [0.4, 0.5) is 5.69 Å². The van der Waals surface area contributed by atoms with Crippen LogP contribution in [-0.2, 0) is 9.53 Å². The Kier molecular flexibility index (Phi) is 6.09. The molecule has 2 atom stereocenters. The Labute approximate surface area is 165 Å². The summed E-state index contributed by atoms with van der Waals surface area (Å²) in [6, 6.07) is 20.8. The summed E-state index contributed by atoms with van der Waals surface area (Å²) in [7, 11) is 0. The molecule has 0 aliphatic heterocycles. The second-order valence-electron chi connectivity index (χ2n) is 6.96. The van der Waals surface area contributed by atoms with Gasteiger partial charge in [0, 0.05) is 5.69 Å². The van der Waals surface area contributed by atoms with Gasteiger partial charge in [-0.2, -0.15) is 0 Å². The first-order valence-electron chi connectivity index (χ1n) is 9.59. The van der Waals surface area contributed by atoms with E-state index in [1.165, 1.54) is 0 Å². The minimum absolute atomic E-state index is 0.324. The number of carbonyl (C=O) groups is 2. The third kappa shape index (κ3) is 4.22. The summed E-state index contributed by atoms with van der Waals surface area (Å²) in [6.45, 7) is 5.82. The van der Waals surface area contributed by atoms with Crippen molar-refractivity contribution in [3.8, 4) is 0 Å². The number of hydrogen-bond acceptors (Lipinski definition) is 3. The van der Waals surface area contributed by atoms with Crippen molar-refractivity contribution >= 4 is 28.3 Å². The van der Waals surface area contributed by atoms with Gasteiger partial charge in [0.1, 0.15) is 0 Å². The summed E-state index contributed by atoms with van der Waals surface area (Å²) in [5.74, 6) is -0.524. The molecule has 0 fully saturated rings. The predicted octanol–water partition coefficient (Wildman–Crippen LogP) is 5.54. The number of carbonyl (C=O) groups excluding carboxylic acids is 2. The van der Waals surface area contributed by atoms with Crippen LogP contribution in [0.1, 0.15) is 49.0 Å². The van der Waals surface area contributed by atoms with Gasteiger partial charge < -0.3 is 10.1 Å². The molecule has 0 aliphatic rings. The highest BCUT2D eigenvalue weighted by Crippen LogP contribution is 2.27. The number of fused-ring (bicyclic) bond motifs is 1. The number of benzene rings is 3. The molecule has 28 heavy (non-hydrogen) atoms. The maximum atomic E-state index is 12.6. The Balaban J connectivity index is 1.73. The summed E-state index contributed by atoms with van der Waals surface area (Å²) in [4.78, 5) is 25.3. The molecule has 3 aromatic carbocycles. The van der Waals surface area contributed by atoms with E-state index in [9.17, 15) is 9.59 Å². The van der Waals surface area contributed by atoms with Gasteiger partial charge in [0.25, 0.3) is 5.91 Å². The molecule has 4 heteroatoms. The molecule has 0 radical (unpaired) electrons. The zero-order valence-corrected chi connectivity index (χ0v) is 16.4. The van der Waals surface area contributed by atoms with Crippen LogP contribution in [0.25, 0.3) is 10.8 Å². The monoisotopic (exact) mass is 375 g/mol. The van der Waals surface area contributed by atoms with Crippen LogP contribution in [-0.4, -0.2) is 18.0 Å². The predicted molar refractivity (Wildman–Crippen MR) is 113 cm³/mol. The average molecular weight is 375 g/mol. The molecule has 0 heterocycles. The van der Waals surface area contributed by atoms with E-state index >= 15 is 0 Å². The molecule has 1 N–H and O–H groups in total. The summed E-state index contributed by atoms with van der Waals surface area (Å²) in [6.07, 6.45) is 0.0647. The largest absolute Gasteiger partial charge is 0.449 e. The minimum Gasteiger partial charge on any atom is -0.449 e. The van der Waals surface area contributed by atoms with Crippen LogP contribution in [0.3, 0.4) is 0 Å². The van der Waals surface area contributed by atoms with Crippen LogP contribution in [0.2, 0.25) is 0 Å². The van der Waals surface area contributed by atoms with E-state index < -0.39 is 12.1 Å². The normalized spacial score (nSPS) is 13.0. The van der Waals surface area contributed by atoms with Crippen molar-refractivity contribution in [2.75, 3.05) is 5.32 Å². The molecule has 0 aliphatic carbocycles. The Morgan fingerprint density at radius 3 is 2.39 bits per heavy atom. The van der Waals surface area contributed by atoms with Crippen LogP contribution >= 0.6 is 0 Å². The summed E-state index contributed by atoms with van der Waals surface area (Å²) >= 11 is 0. The molecule has 0 saturated heterocycles. The number of esters is 1. The number of para-hydroxylation sites is 1. The van der Waals surface area contributed by atoms with Crippen molar-refractivity contribution in [2.45, 2.75) is 39.2 Å². The molecular formula is C24H25NO3. The minimum atomic E-state index is -0.906. The molecule has 144 valence electrons. The van der Waals surface area contributed by atoms with Gasteiger partial charge in [-0.25, -0.2) is 4.79 Å². The van der Waals surface area contributed by atoms with Gasteiger partial charge in [-0.1, -0.05) is 68.4 Å². The lowest BCUT2D eigenvalue weighted by atomic mass is 9.97. The van der Waals surface area contributed by atoms with E-state index in [4.69, 9.17) is 4.74 Å². The molecule has 0 saturated carbocycles. The molecular weight excluding hydrogens is 350 g/mol. The highest BCUT2D eigenvalue weighted by atomic mass is 16.5. The number of ether oxygens (including phenoxy) is 1. The van der Waals surface area contributed by atoms with E-state index in [1.807, 2.05) is 60.7 Å². The fourth-order valence-corrected chi connectivity index (χ4v) is 3.18. The number of nitrogens with one attached hydrogen (secondary N) is 1. The highest BCUT2D eigenvalue weighted by Gasteiger charge is 2.21. The van der Waals surface area contributed by atoms with Crippen LogP contribution < -0.4 is 5.32 Å². The summed E-state index contributed by atoms with van der Waals surface area (Å²) in [5, 5.41) is 4.67. The van der Waals surface area contributed by atoms with E-state index in [0.717, 1.165) is 28.4 Å². The maximum Gasteiger partial charge on any atom is 0.339 e.